The molecule has 0 aliphatic carbocycles. The molecule has 130 valence electrons. The summed E-state index contributed by atoms with van der Waals surface area (Å²) in [5.41, 5.74) is 1.86. The number of nitrogens with one attached hydrogen (secondary N) is 1. The molecule has 2 aromatic carbocycles. The van der Waals surface area contributed by atoms with Crippen LogP contribution in [0.3, 0.4) is 0 Å². The largest absolute Gasteiger partial charge is 0.494 e. The van der Waals surface area contributed by atoms with Gasteiger partial charge in [-0.15, -0.1) is 0 Å². The highest BCUT2D eigenvalue weighted by molar-refractivity contribution is 7.71. The third kappa shape index (κ3) is 4.03. The first kappa shape index (κ1) is 17.5. The van der Waals surface area contributed by atoms with Crippen molar-refractivity contribution in [3.8, 4) is 17.2 Å². The Balaban J connectivity index is 1.83. The van der Waals surface area contributed by atoms with Gasteiger partial charge < -0.3 is 9.47 Å². The van der Waals surface area contributed by atoms with Crippen LogP contribution < -0.4 is 9.47 Å². The van der Waals surface area contributed by atoms with E-state index in [-0.39, 0.29) is 6.61 Å². The van der Waals surface area contributed by atoms with E-state index < -0.39 is 0 Å². The Bertz CT molecular complexity index is 919. The zero-order valence-electron chi connectivity index (χ0n) is 14.0. The van der Waals surface area contributed by atoms with Gasteiger partial charge in [0, 0.05) is 5.02 Å². The molecule has 0 bridgehead atoms. The Kier molecular flexibility index (Phi) is 5.40. The van der Waals surface area contributed by atoms with Crippen LogP contribution in [-0.2, 0) is 6.61 Å². The topological polar surface area (TPSA) is 52.1 Å². The van der Waals surface area contributed by atoms with Gasteiger partial charge in [-0.1, -0.05) is 11.6 Å². The first-order valence-electron chi connectivity index (χ1n) is 7.87. The molecular weight excluding hydrogens is 358 g/mol. The predicted molar refractivity (Wildman–Crippen MR) is 100 cm³/mol. The summed E-state index contributed by atoms with van der Waals surface area (Å²) in [5, 5.41) is 7.78. The summed E-state index contributed by atoms with van der Waals surface area (Å²) in [6.07, 6.45) is 0. The number of benzene rings is 2. The molecule has 25 heavy (non-hydrogen) atoms. The van der Waals surface area contributed by atoms with Crippen LogP contribution >= 0.6 is 23.8 Å². The number of hydrogen-bond donors (Lipinski definition) is 1. The molecule has 7 heteroatoms. The third-order valence-electron chi connectivity index (χ3n) is 3.64. The van der Waals surface area contributed by atoms with Gasteiger partial charge in [-0.05, 0) is 74.1 Å². The molecule has 1 aromatic heterocycles. The molecule has 0 aliphatic heterocycles. The summed E-state index contributed by atoms with van der Waals surface area (Å²) in [6.45, 7) is 4.81. The Labute approximate surface area is 156 Å². The summed E-state index contributed by atoms with van der Waals surface area (Å²) in [5.74, 6) is 2.26. The summed E-state index contributed by atoms with van der Waals surface area (Å²) in [7, 11) is 0. The van der Waals surface area contributed by atoms with Crippen molar-refractivity contribution in [3.05, 3.63) is 63.6 Å². The van der Waals surface area contributed by atoms with Crippen LogP contribution in [0.15, 0.2) is 42.5 Å². The number of halogens is 1. The van der Waals surface area contributed by atoms with E-state index >= 15 is 0 Å². The van der Waals surface area contributed by atoms with Crippen LogP contribution in [0.1, 0.15) is 18.3 Å². The number of aromatic amines is 1. The molecule has 0 aliphatic rings. The number of hydrogen-bond acceptors (Lipinski definition) is 4. The number of H-pyrrole nitrogens is 1. The maximum absolute atomic E-state index is 5.98. The normalized spacial score (nSPS) is 10.7. The van der Waals surface area contributed by atoms with Crippen LogP contribution in [0.4, 0.5) is 0 Å². The molecule has 3 rings (SSSR count). The maximum atomic E-state index is 5.98. The minimum Gasteiger partial charge on any atom is -0.494 e. The third-order valence-corrected chi connectivity index (χ3v) is 4.15. The summed E-state index contributed by atoms with van der Waals surface area (Å²) >= 11 is 11.3. The fraction of sp³-hybridized carbons (Fsp3) is 0.222. The minimum absolute atomic E-state index is 0.281. The lowest BCUT2D eigenvalue weighted by Crippen LogP contribution is -2.06. The number of nitrogens with zero attached hydrogens (tertiary/aromatic N) is 2. The summed E-state index contributed by atoms with van der Waals surface area (Å²) in [6, 6.07) is 13.2. The molecule has 0 spiro atoms. The van der Waals surface area contributed by atoms with E-state index in [9.17, 15) is 0 Å². The fourth-order valence-corrected chi connectivity index (χ4v) is 2.95. The van der Waals surface area contributed by atoms with Gasteiger partial charge in [0.1, 0.15) is 18.1 Å². The van der Waals surface area contributed by atoms with Crippen LogP contribution in [0.5, 0.6) is 11.5 Å². The second-order valence-corrected chi connectivity index (χ2v) is 6.23. The number of rotatable bonds is 6. The highest BCUT2D eigenvalue weighted by atomic mass is 35.5. The molecule has 0 saturated heterocycles. The maximum Gasteiger partial charge on any atom is 0.199 e. The second-order valence-electron chi connectivity index (χ2n) is 5.41. The van der Waals surface area contributed by atoms with Gasteiger partial charge in [-0.2, -0.15) is 5.10 Å². The Morgan fingerprint density at radius 3 is 2.60 bits per heavy atom. The monoisotopic (exact) mass is 375 g/mol. The molecule has 0 fully saturated rings. The SMILES string of the molecule is CCOc1ccc(-n2c(COc3ccc(Cl)cc3C)n[nH]c2=S)cc1. The number of aromatic nitrogens is 3. The predicted octanol–water partition coefficient (Wildman–Crippen LogP) is 4.87. The lowest BCUT2D eigenvalue weighted by molar-refractivity contribution is 0.291. The minimum atomic E-state index is 0.281. The standard InChI is InChI=1S/C18H18ClN3O2S/c1-3-23-15-7-5-14(6-8-15)22-17(20-21-18(22)25)11-24-16-9-4-13(19)10-12(16)2/h4-10H,3,11H2,1-2H3,(H,21,25). The highest BCUT2D eigenvalue weighted by Crippen LogP contribution is 2.23. The quantitative estimate of drug-likeness (QED) is 0.624. The van der Waals surface area contributed by atoms with Crippen molar-refractivity contribution in [3.63, 3.8) is 0 Å². The van der Waals surface area contributed by atoms with E-state index in [0.29, 0.717) is 22.2 Å². The van der Waals surface area contributed by atoms with Gasteiger partial charge in [-0.25, -0.2) is 0 Å². The molecule has 1 heterocycles. The molecule has 0 saturated carbocycles. The average Bonchev–Trinajstić information content (AvgIpc) is 2.96. The average molecular weight is 376 g/mol. The van der Waals surface area contributed by atoms with Gasteiger partial charge in [0.15, 0.2) is 10.6 Å². The van der Waals surface area contributed by atoms with Gasteiger partial charge in [-0.3, -0.25) is 9.67 Å². The van der Waals surface area contributed by atoms with Crippen molar-refractivity contribution in [2.45, 2.75) is 20.5 Å². The van der Waals surface area contributed by atoms with Crippen molar-refractivity contribution < 1.29 is 9.47 Å². The Morgan fingerprint density at radius 2 is 1.92 bits per heavy atom. The zero-order chi connectivity index (χ0) is 17.8. The van der Waals surface area contributed by atoms with Crippen molar-refractivity contribution in [1.82, 2.24) is 14.8 Å². The molecule has 0 amide bonds. The second kappa shape index (κ2) is 7.72. The molecule has 0 radical (unpaired) electrons. The van der Waals surface area contributed by atoms with Crippen molar-refractivity contribution in [2.75, 3.05) is 6.61 Å². The molecule has 0 atom stereocenters. The molecule has 5 nitrogen and oxygen atoms in total. The fourth-order valence-electron chi connectivity index (χ4n) is 2.47. The van der Waals surface area contributed by atoms with E-state index in [0.717, 1.165) is 22.7 Å². The van der Waals surface area contributed by atoms with Gasteiger partial charge in [0.2, 0.25) is 0 Å². The molecule has 3 aromatic rings. The lowest BCUT2D eigenvalue weighted by Gasteiger charge is -2.11. The lowest BCUT2D eigenvalue weighted by atomic mass is 10.2. The smallest absolute Gasteiger partial charge is 0.199 e. The van der Waals surface area contributed by atoms with E-state index in [1.54, 1.807) is 6.07 Å². The molecular formula is C18H18ClN3O2S. The first-order chi connectivity index (χ1) is 12.1. The van der Waals surface area contributed by atoms with Gasteiger partial charge in [0.25, 0.3) is 0 Å². The highest BCUT2D eigenvalue weighted by Gasteiger charge is 2.10. The van der Waals surface area contributed by atoms with Crippen LogP contribution in [0, 0.1) is 11.7 Å². The van der Waals surface area contributed by atoms with E-state index in [1.807, 2.05) is 54.8 Å². The Morgan fingerprint density at radius 1 is 1.16 bits per heavy atom. The number of aryl methyl sites for hydroxylation is 1. The van der Waals surface area contributed by atoms with Gasteiger partial charge in [0.05, 0.1) is 12.3 Å². The van der Waals surface area contributed by atoms with Crippen LogP contribution in [-0.4, -0.2) is 21.4 Å². The first-order valence-corrected chi connectivity index (χ1v) is 8.65. The van der Waals surface area contributed by atoms with Crippen molar-refractivity contribution in [1.29, 1.82) is 0 Å². The molecule has 0 unspecified atom stereocenters. The van der Waals surface area contributed by atoms with Crippen LogP contribution in [0.25, 0.3) is 5.69 Å². The van der Waals surface area contributed by atoms with E-state index in [1.165, 1.54) is 0 Å². The van der Waals surface area contributed by atoms with Crippen molar-refractivity contribution in [2.24, 2.45) is 0 Å². The summed E-state index contributed by atoms with van der Waals surface area (Å²) < 4.78 is 13.7. The van der Waals surface area contributed by atoms with Crippen molar-refractivity contribution >= 4 is 23.8 Å². The van der Waals surface area contributed by atoms with Gasteiger partial charge >= 0.3 is 0 Å². The Hall–Kier alpha value is -2.31. The zero-order valence-corrected chi connectivity index (χ0v) is 15.5. The molecule has 1 N–H and O–H groups in total. The van der Waals surface area contributed by atoms with E-state index in [2.05, 4.69) is 10.2 Å². The number of ether oxygens (including phenoxy) is 2. The summed E-state index contributed by atoms with van der Waals surface area (Å²) in [4.78, 5) is 0. The van der Waals surface area contributed by atoms with Crippen LogP contribution in [0.2, 0.25) is 5.02 Å². The van der Waals surface area contributed by atoms with E-state index in [4.69, 9.17) is 33.3 Å².